The van der Waals surface area contributed by atoms with Crippen molar-refractivity contribution in [2.75, 3.05) is 11.8 Å². The van der Waals surface area contributed by atoms with Crippen molar-refractivity contribution < 1.29 is 17.6 Å². The van der Waals surface area contributed by atoms with E-state index >= 15 is 0 Å². The van der Waals surface area contributed by atoms with E-state index in [0.717, 1.165) is 11.3 Å². The molecule has 3 rings (SSSR count). The Morgan fingerprint density at radius 2 is 1.79 bits per heavy atom. The number of amides is 1. The van der Waals surface area contributed by atoms with Crippen LogP contribution in [-0.4, -0.2) is 26.3 Å². The molecule has 0 radical (unpaired) electrons. The molecule has 0 spiro atoms. The lowest BCUT2D eigenvalue weighted by Crippen LogP contribution is -2.26. The summed E-state index contributed by atoms with van der Waals surface area (Å²) < 4.78 is 33.4. The lowest BCUT2D eigenvalue weighted by atomic mass is 10.2. The van der Waals surface area contributed by atoms with Crippen molar-refractivity contribution in [2.24, 2.45) is 0 Å². The molecule has 0 unspecified atom stereocenters. The first kappa shape index (κ1) is 19.7. The van der Waals surface area contributed by atoms with Crippen LogP contribution in [-0.2, 0) is 16.6 Å². The number of carbonyl (C=O) groups excluding carboxylic acids is 1. The third-order valence-corrected chi connectivity index (χ3v) is 5.58. The van der Waals surface area contributed by atoms with Crippen LogP contribution in [0, 0.1) is 13.8 Å². The Morgan fingerprint density at radius 3 is 2.46 bits per heavy atom. The van der Waals surface area contributed by atoms with Gasteiger partial charge in [-0.1, -0.05) is 18.2 Å². The van der Waals surface area contributed by atoms with Crippen molar-refractivity contribution in [2.45, 2.75) is 25.3 Å². The molecule has 0 aliphatic rings. The molecule has 1 heterocycles. The fourth-order valence-corrected chi connectivity index (χ4v) is 3.91. The summed E-state index contributed by atoms with van der Waals surface area (Å²) in [5, 5.41) is 0. The second-order valence-electron chi connectivity index (χ2n) is 6.68. The van der Waals surface area contributed by atoms with E-state index in [0.29, 0.717) is 18.0 Å². The van der Waals surface area contributed by atoms with Crippen LogP contribution in [0.3, 0.4) is 0 Å². The number of benzene rings is 2. The summed E-state index contributed by atoms with van der Waals surface area (Å²) in [5.74, 6) is 1.14. The van der Waals surface area contributed by atoms with E-state index in [1.54, 1.807) is 37.4 Å². The highest BCUT2D eigenvalue weighted by Gasteiger charge is 2.19. The van der Waals surface area contributed by atoms with E-state index in [1.807, 2.05) is 32.0 Å². The summed E-state index contributed by atoms with van der Waals surface area (Å²) in [7, 11) is -2.16. The molecule has 28 heavy (non-hydrogen) atoms. The van der Waals surface area contributed by atoms with Gasteiger partial charge in [0.15, 0.2) is 0 Å². The maximum Gasteiger partial charge on any atom is 0.261 e. The predicted octanol–water partition coefficient (Wildman–Crippen LogP) is 3.97. The molecule has 2 aromatic carbocycles. The Hall–Kier alpha value is -3.06. The zero-order chi connectivity index (χ0) is 20.3. The Balaban J connectivity index is 1.79. The number of nitrogens with one attached hydrogen (secondary N) is 1. The first-order chi connectivity index (χ1) is 13.2. The van der Waals surface area contributed by atoms with Gasteiger partial charge < -0.3 is 9.32 Å². The van der Waals surface area contributed by atoms with Gasteiger partial charge in [0.2, 0.25) is 0 Å². The molecule has 1 aromatic heterocycles. The smallest absolute Gasteiger partial charge is 0.261 e. The van der Waals surface area contributed by atoms with E-state index < -0.39 is 10.0 Å². The van der Waals surface area contributed by atoms with E-state index in [-0.39, 0.29) is 16.4 Å². The van der Waals surface area contributed by atoms with Crippen molar-refractivity contribution in [3.05, 3.63) is 83.3 Å². The maximum atomic E-state index is 12.7. The van der Waals surface area contributed by atoms with E-state index in [2.05, 4.69) is 4.72 Å². The molecule has 3 aromatic rings. The first-order valence-corrected chi connectivity index (χ1v) is 10.2. The number of anilines is 1. The van der Waals surface area contributed by atoms with Crippen molar-refractivity contribution >= 4 is 21.6 Å². The first-order valence-electron chi connectivity index (χ1n) is 8.75. The minimum atomic E-state index is -3.81. The molecule has 1 amide bonds. The van der Waals surface area contributed by atoms with Crippen molar-refractivity contribution in [3.8, 4) is 0 Å². The summed E-state index contributed by atoms with van der Waals surface area (Å²) in [6.45, 7) is 4.01. The maximum absolute atomic E-state index is 12.7. The van der Waals surface area contributed by atoms with Crippen LogP contribution in [0.15, 0.2) is 70.0 Å². The standard InChI is InChI=1S/C21H22N2O4S/c1-15-6-4-8-18(12-15)22-28(25,26)20-9-5-7-17(13-20)21(24)23(3)14-19-11-10-16(2)27-19/h4-13,22H,14H2,1-3H3. The van der Waals surface area contributed by atoms with Crippen LogP contribution in [0.25, 0.3) is 0 Å². The monoisotopic (exact) mass is 398 g/mol. The van der Waals surface area contributed by atoms with Gasteiger partial charge in [-0.3, -0.25) is 9.52 Å². The molecule has 0 bridgehead atoms. The molecule has 6 nitrogen and oxygen atoms in total. The van der Waals surface area contributed by atoms with E-state index in [4.69, 9.17) is 4.42 Å². The highest BCUT2D eigenvalue weighted by Crippen LogP contribution is 2.19. The fourth-order valence-electron chi connectivity index (χ4n) is 2.81. The third-order valence-electron chi connectivity index (χ3n) is 4.20. The van der Waals surface area contributed by atoms with Gasteiger partial charge in [0.1, 0.15) is 11.5 Å². The van der Waals surface area contributed by atoms with Gasteiger partial charge in [0.25, 0.3) is 15.9 Å². The Kier molecular flexibility index (Phi) is 5.56. The number of nitrogens with zero attached hydrogens (tertiary/aromatic N) is 1. The van der Waals surface area contributed by atoms with Gasteiger partial charge in [0, 0.05) is 18.3 Å². The summed E-state index contributed by atoms with van der Waals surface area (Å²) in [6, 6.07) is 16.7. The van der Waals surface area contributed by atoms with Gasteiger partial charge >= 0.3 is 0 Å². The van der Waals surface area contributed by atoms with Gasteiger partial charge in [-0.15, -0.1) is 0 Å². The fraction of sp³-hybridized carbons (Fsp3) is 0.190. The second-order valence-corrected chi connectivity index (χ2v) is 8.36. The Bertz CT molecular complexity index is 1100. The van der Waals surface area contributed by atoms with Gasteiger partial charge in [-0.2, -0.15) is 0 Å². The number of carbonyl (C=O) groups is 1. The van der Waals surface area contributed by atoms with Crippen LogP contribution in [0.4, 0.5) is 5.69 Å². The zero-order valence-corrected chi connectivity index (χ0v) is 16.8. The van der Waals surface area contributed by atoms with Crippen molar-refractivity contribution in [1.29, 1.82) is 0 Å². The molecular formula is C21H22N2O4S. The molecule has 0 saturated carbocycles. The SMILES string of the molecule is Cc1cccc(NS(=O)(=O)c2cccc(C(=O)N(C)Cc3ccc(C)o3)c2)c1. The summed E-state index contributed by atoms with van der Waals surface area (Å²) >= 11 is 0. The van der Waals surface area contributed by atoms with E-state index in [9.17, 15) is 13.2 Å². The number of rotatable bonds is 6. The summed E-state index contributed by atoms with van der Waals surface area (Å²) in [4.78, 5) is 14.2. The molecule has 0 aliphatic heterocycles. The Labute approximate surface area is 164 Å². The molecular weight excluding hydrogens is 376 g/mol. The lowest BCUT2D eigenvalue weighted by molar-refractivity contribution is 0.0774. The van der Waals surface area contributed by atoms with Gasteiger partial charge in [-0.25, -0.2) is 8.42 Å². The van der Waals surface area contributed by atoms with Crippen LogP contribution in [0.5, 0.6) is 0 Å². The normalized spacial score (nSPS) is 11.2. The molecule has 146 valence electrons. The summed E-state index contributed by atoms with van der Waals surface area (Å²) in [6.07, 6.45) is 0. The number of sulfonamides is 1. The lowest BCUT2D eigenvalue weighted by Gasteiger charge is -2.16. The topological polar surface area (TPSA) is 79.6 Å². The molecule has 0 atom stereocenters. The van der Waals surface area contributed by atoms with Gasteiger partial charge in [-0.05, 0) is 61.9 Å². The van der Waals surface area contributed by atoms with Crippen LogP contribution < -0.4 is 4.72 Å². The molecule has 0 fully saturated rings. The highest BCUT2D eigenvalue weighted by molar-refractivity contribution is 7.92. The molecule has 1 N–H and O–H groups in total. The minimum Gasteiger partial charge on any atom is -0.464 e. The third kappa shape index (κ3) is 4.61. The average molecular weight is 398 g/mol. The average Bonchev–Trinajstić information content (AvgIpc) is 3.05. The Morgan fingerprint density at radius 1 is 1.04 bits per heavy atom. The number of aryl methyl sites for hydroxylation is 2. The van der Waals surface area contributed by atoms with Crippen LogP contribution in [0.1, 0.15) is 27.4 Å². The molecule has 7 heteroatoms. The molecule has 0 saturated heterocycles. The highest BCUT2D eigenvalue weighted by atomic mass is 32.2. The van der Waals surface area contributed by atoms with Gasteiger partial charge in [0.05, 0.1) is 11.4 Å². The van der Waals surface area contributed by atoms with Crippen molar-refractivity contribution in [3.63, 3.8) is 0 Å². The minimum absolute atomic E-state index is 0.0297. The second kappa shape index (κ2) is 7.90. The number of hydrogen-bond donors (Lipinski definition) is 1. The van der Waals surface area contributed by atoms with Crippen molar-refractivity contribution in [1.82, 2.24) is 4.90 Å². The summed E-state index contributed by atoms with van der Waals surface area (Å²) in [5.41, 5.74) is 1.71. The molecule has 0 aliphatic carbocycles. The zero-order valence-electron chi connectivity index (χ0n) is 16.0. The van der Waals surface area contributed by atoms with Crippen LogP contribution >= 0.6 is 0 Å². The number of hydrogen-bond acceptors (Lipinski definition) is 4. The van der Waals surface area contributed by atoms with Crippen LogP contribution in [0.2, 0.25) is 0 Å². The quantitative estimate of drug-likeness (QED) is 0.681. The largest absolute Gasteiger partial charge is 0.464 e. The predicted molar refractivity (Wildman–Crippen MR) is 108 cm³/mol. The number of furan rings is 1. The van der Waals surface area contributed by atoms with E-state index in [1.165, 1.54) is 17.0 Å².